The van der Waals surface area contributed by atoms with Gasteiger partial charge in [0.05, 0.1) is 13.2 Å². The van der Waals surface area contributed by atoms with Gasteiger partial charge in [0.25, 0.3) is 0 Å². The van der Waals surface area contributed by atoms with E-state index in [2.05, 4.69) is 0 Å². The van der Waals surface area contributed by atoms with Crippen LogP contribution in [0.2, 0.25) is 0 Å². The Morgan fingerprint density at radius 1 is 1.44 bits per heavy atom. The van der Waals surface area contributed by atoms with Crippen LogP contribution in [0.4, 0.5) is 0 Å². The summed E-state index contributed by atoms with van der Waals surface area (Å²) in [5.74, 6) is 0.883. The van der Waals surface area contributed by atoms with Crippen molar-refractivity contribution in [1.29, 1.82) is 0 Å². The minimum absolute atomic E-state index is 0.0616. The predicted octanol–water partition coefficient (Wildman–Crippen LogP) is 2.15. The van der Waals surface area contributed by atoms with Gasteiger partial charge >= 0.3 is 0 Å². The zero-order chi connectivity index (χ0) is 11.5. The molecule has 1 aliphatic rings. The Kier molecular flexibility index (Phi) is 3.25. The third kappa shape index (κ3) is 1.95. The number of aryl methyl sites for hydroxylation is 1. The standard InChI is InChI=1S/C13H16O3/c1-3-16-12-5-4-9(2)13-10(12)6-7-15-8-11(13)14/h4-5H,3,6-8H2,1-2H3. The Bertz CT molecular complexity index is 410. The van der Waals surface area contributed by atoms with Gasteiger partial charge in [-0.1, -0.05) is 6.07 Å². The van der Waals surface area contributed by atoms with Gasteiger partial charge in [-0.2, -0.15) is 0 Å². The van der Waals surface area contributed by atoms with Gasteiger partial charge in [-0.25, -0.2) is 0 Å². The van der Waals surface area contributed by atoms with E-state index in [4.69, 9.17) is 9.47 Å². The molecule has 1 aromatic carbocycles. The van der Waals surface area contributed by atoms with Crippen molar-refractivity contribution in [2.24, 2.45) is 0 Å². The van der Waals surface area contributed by atoms with Gasteiger partial charge in [-0.15, -0.1) is 0 Å². The van der Waals surface area contributed by atoms with Crippen molar-refractivity contribution in [2.75, 3.05) is 19.8 Å². The topological polar surface area (TPSA) is 35.5 Å². The van der Waals surface area contributed by atoms with E-state index < -0.39 is 0 Å². The van der Waals surface area contributed by atoms with Crippen molar-refractivity contribution < 1.29 is 14.3 Å². The number of hydrogen-bond donors (Lipinski definition) is 0. The van der Waals surface area contributed by atoms with Crippen LogP contribution in [0.3, 0.4) is 0 Å². The molecule has 0 fully saturated rings. The van der Waals surface area contributed by atoms with E-state index in [0.717, 1.165) is 28.9 Å². The third-order valence-corrected chi connectivity index (χ3v) is 2.79. The maximum Gasteiger partial charge on any atom is 0.189 e. The number of rotatable bonds is 2. The van der Waals surface area contributed by atoms with Crippen molar-refractivity contribution in [3.8, 4) is 5.75 Å². The first-order valence-corrected chi connectivity index (χ1v) is 5.60. The summed E-state index contributed by atoms with van der Waals surface area (Å²) < 4.78 is 10.8. The summed E-state index contributed by atoms with van der Waals surface area (Å²) in [6.07, 6.45) is 0.748. The number of hydrogen-bond acceptors (Lipinski definition) is 3. The molecule has 0 unspecified atom stereocenters. The summed E-state index contributed by atoms with van der Waals surface area (Å²) in [6.45, 7) is 5.29. The van der Waals surface area contributed by atoms with Gasteiger partial charge in [-0.05, 0) is 25.5 Å². The number of Topliss-reactive ketones (excluding diaryl/α,β-unsaturated/α-hetero) is 1. The lowest BCUT2D eigenvalue weighted by Crippen LogP contribution is -2.09. The highest BCUT2D eigenvalue weighted by Gasteiger charge is 2.21. The van der Waals surface area contributed by atoms with E-state index in [-0.39, 0.29) is 12.4 Å². The summed E-state index contributed by atoms with van der Waals surface area (Å²) in [4.78, 5) is 11.9. The molecule has 0 atom stereocenters. The SMILES string of the molecule is CCOc1ccc(C)c2c1CCOCC2=O. The molecule has 2 rings (SSSR count). The molecule has 0 saturated carbocycles. The average molecular weight is 220 g/mol. The smallest absolute Gasteiger partial charge is 0.189 e. The molecule has 0 saturated heterocycles. The molecular weight excluding hydrogens is 204 g/mol. The molecule has 3 heteroatoms. The number of benzene rings is 1. The minimum Gasteiger partial charge on any atom is -0.494 e. The molecule has 16 heavy (non-hydrogen) atoms. The maximum atomic E-state index is 11.9. The zero-order valence-electron chi connectivity index (χ0n) is 9.71. The van der Waals surface area contributed by atoms with Gasteiger partial charge in [0.15, 0.2) is 5.78 Å². The van der Waals surface area contributed by atoms with E-state index in [1.54, 1.807) is 0 Å². The minimum atomic E-state index is 0.0616. The molecule has 0 aromatic heterocycles. The fourth-order valence-corrected chi connectivity index (χ4v) is 2.08. The largest absolute Gasteiger partial charge is 0.494 e. The van der Waals surface area contributed by atoms with Crippen molar-refractivity contribution >= 4 is 5.78 Å². The van der Waals surface area contributed by atoms with Crippen LogP contribution in [0, 0.1) is 6.92 Å². The van der Waals surface area contributed by atoms with Crippen LogP contribution in [-0.4, -0.2) is 25.6 Å². The van der Waals surface area contributed by atoms with E-state index in [9.17, 15) is 4.79 Å². The molecule has 0 bridgehead atoms. The highest BCUT2D eigenvalue weighted by atomic mass is 16.5. The van der Waals surface area contributed by atoms with E-state index >= 15 is 0 Å². The normalized spacial score (nSPS) is 15.5. The molecule has 3 nitrogen and oxygen atoms in total. The fourth-order valence-electron chi connectivity index (χ4n) is 2.08. The molecule has 0 amide bonds. The van der Waals surface area contributed by atoms with Crippen LogP contribution in [0.1, 0.15) is 28.4 Å². The van der Waals surface area contributed by atoms with Gasteiger partial charge in [-0.3, -0.25) is 4.79 Å². The van der Waals surface area contributed by atoms with Crippen LogP contribution < -0.4 is 4.74 Å². The van der Waals surface area contributed by atoms with Crippen molar-refractivity contribution in [2.45, 2.75) is 20.3 Å². The molecule has 1 aromatic rings. The lowest BCUT2D eigenvalue weighted by molar-refractivity contribution is 0.0788. The summed E-state index contributed by atoms with van der Waals surface area (Å²) >= 11 is 0. The predicted molar refractivity (Wildman–Crippen MR) is 61.2 cm³/mol. The van der Waals surface area contributed by atoms with Crippen molar-refractivity contribution in [1.82, 2.24) is 0 Å². The highest BCUT2D eigenvalue weighted by molar-refractivity contribution is 6.00. The van der Waals surface area contributed by atoms with Gasteiger partial charge in [0.1, 0.15) is 12.4 Å². The molecule has 0 aliphatic carbocycles. The van der Waals surface area contributed by atoms with Crippen molar-refractivity contribution in [3.05, 3.63) is 28.8 Å². The first kappa shape index (κ1) is 11.1. The Morgan fingerprint density at radius 3 is 3.00 bits per heavy atom. The Labute approximate surface area is 95.4 Å². The van der Waals surface area contributed by atoms with Crippen molar-refractivity contribution in [3.63, 3.8) is 0 Å². The van der Waals surface area contributed by atoms with Gasteiger partial charge in [0.2, 0.25) is 0 Å². The second kappa shape index (κ2) is 4.66. The number of ether oxygens (including phenoxy) is 2. The highest BCUT2D eigenvalue weighted by Crippen LogP contribution is 2.28. The fraction of sp³-hybridized carbons (Fsp3) is 0.462. The number of carbonyl (C=O) groups is 1. The average Bonchev–Trinajstić information content (AvgIpc) is 2.46. The van der Waals surface area contributed by atoms with Crippen LogP contribution in [-0.2, 0) is 11.2 Å². The Balaban J connectivity index is 2.53. The van der Waals surface area contributed by atoms with Crippen LogP contribution in [0.15, 0.2) is 12.1 Å². The third-order valence-electron chi connectivity index (χ3n) is 2.79. The monoisotopic (exact) mass is 220 g/mol. The zero-order valence-corrected chi connectivity index (χ0v) is 9.71. The molecule has 86 valence electrons. The van der Waals surface area contributed by atoms with Crippen LogP contribution in [0.25, 0.3) is 0 Å². The summed E-state index contributed by atoms with van der Waals surface area (Å²) in [5, 5.41) is 0. The molecule has 0 radical (unpaired) electrons. The summed E-state index contributed by atoms with van der Waals surface area (Å²) in [6, 6.07) is 3.88. The summed E-state index contributed by atoms with van der Waals surface area (Å²) in [5.41, 5.74) is 2.81. The van der Waals surface area contributed by atoms with Crippen LogP contribution >= 0.6 is 0 Å². The first-order valence-electron chi connectivity index (χ1n) is 5.60. The second-order valence-electron chi connectivity index (χ2n) is 3.89. The van der Waals surface area contributed by atoms with E-state index in [0.29, 0.717) is 13.2 Å². The maximum absolute atomic E-state index is 11.9. The van der Waals surface area contributed by atoms with E-state index in [1.807, 2.05) is 26.0 Å². The molecule has 0 spiro atoms. The summed E-state index contributed by atoms with van der Waals surface area (Å²) in [7, 11) is 0. The number of ketones is 1. The Hall–Kier alpha value is -1.35. The molecule has 1 aliphatic heterocycles. The molecular formula is C13H16O3. The number of carbonyl (C=O) groups excluding carboxylic acids is 1. The lowest BCUT2D eigenvalue weighted by Gasteiger charge is -2.13. The molecule has 1 heterocycles. The molecule has 0 N–H and O–H groups in total. The number of fused-ring (bicyclic) bond motifs is 1. The van der Waals surface area contributed by atoms with Gasteiger partial charge < -0.3 is 9.47 Å². The first-order chi connectivity index (χ1) is 7.74. The van der Waals surface area contributed by atoms with Crippen LogP contribution in [0.5, 0.6) is 5.75 Å². The Morgan fingerprint density at radius 2 is 2.25 bits per heavy atom. The second-order valence-corrected chi connectivity index (χ2v) is 3.89. The lowest BCUT2D eigenvalue weighted by atomic mass is 9.96. The van der Waals surface area contributed by atoms with E-state index in [1.165, 1.54) is 0 Å². The quantitative estimate of drug-likeness (QED) is 0.766. The van der Waals surface area contributed by atoms with Gasteiger partial charge in [0, 0.05) is 17.5 Å².